The fourth-order valence-corrected chi connectivity index (χ4v) is 3.00. The SMILES string of the molecule is CC(C)(Oc1ccccc1)C(=O)N1CCN(C(=O)c2ccncc2)CC1. The zero-order valence-corrected chi connectivity index (χ0v) is 15.1. The zero-order chi connectivity index (χ0) is 18.6. The lowest BCUT2D eigenvalue weighted by Gasteiger charge is -2.38. The lowest BCUT2D eigenvalue weighted by Crippen LogP contribution is -2.56. The Balaban J connectivity index is 1.58. The second-order valence-electron chi connectivity index (χ2n) is 6.75. The first-order valence-electron chi connectivity index (χ1n) is 8.70. The Kier molecular flexibility index (Phi) is 5.21. The van der Waals surface area contributed by atoms with Gasteiger partial charge in [-0.2, -0.15) is 0 Å². The second-order valence-corrected chi connectivity index (χ2v) is 6.75. The summed E-state index contributed by atoms with van der Waals surface area (Å²) in [6.45, 7) is 5.56. The third-order valence-electron chi connectivity index (χ3n) is 4.41. The van der Waals surface area contributed by atoms with Gasteiger partial charge in [0.2, 0.25) is 0 Å². The maximum absolute atomic E-state index is 12.9. The van der Waals surface area contributed by atoms with Gasteiger partial charge < -0.3 is 14.5 Å². The van der Waals surface area contributed by atoms with Gasteiger partial charge in [0, 0.05) is 44.1 Å². The molecule has 3 rings (SSSR count). The van der Waals surface area contributed by atoms with E-state index in [2.05, 4.69) is 4.98 Å². The molecule has 0 atom stereocenters. The molecule has 0 spiro atoms. The van der Waals surface area contributed by atoms with Crippen LogP contribution in [0.25, 0.3) is 0 Å². The predicted molar refractivity (Wildman–Crippen MR) is 97.9 cm³/mol. The average molecular weight is 353 g/mol. The standard InChI is InChI=1S/C20H23N3O3/c1-20(2,26-17-6-4-3-5-7-17)19(25)23-14-12-22(13-15-23)18(24)16-8-10-21-11-9-16/h3-11H,12-15H2,1-2H3. The minimum Gasteiger partial charge on any atom is -0.478 e. The monoisotopic (exact) mass is 353 g/mol. The third kappa shape index (κ3) is 4.02. The van der Waals surface area contributed by atoms with E-state index >= 15 is 0 Å². The molecule has 0 unspecified atom stereocenters. The fraction of sp³-hybridized carbons (Fsp3) is 0.350. The molecule has 1 aromatic heterocycles. The Morgan fingerprint density at radius 3 is 2.12 bits per heavy atom. The average Bonchev–Trinajstić information content (AvgIpc) is 2.68. The van der Waals surface area contributed by atoms with Crippen LogP contribution < -0.4 is 4.74 Å². The van der Waals surface area contributed by atoms with Crippen LogP contribution in [-0.2, 0) is 4.79 Å². The van der Waals surface area contributed by atoms with Crippen LogP contribution >= 0.6 is 0 Å². The predicted octanol–water partition coefficient (Wildman–Crippen LogP) is 2.22. The van der Waals surface area contributed by atoms with Crippen molar-refractivity contribution in [3.63, 3.8) is 0 Å². The minimum absolute atomic E-state index is 0.0284. The molecule has 1 aromatic carbocycles. The Bertz CT molecular complexity index is 754. The first kappa shape index (κ1) is 17.9. The minimum atomic E-state index is -0.960. The molecule has 2 aromatic rings. The molecule has 0 bridgehead atoms. The van der Waals surface area contributed by atoms with Crippen LogP contribution in [0.2, 0.25) is 0 Å². The maximum atomic E-state index is 12.9. The van der Waals surface area contributed by atoms with E-state index in [1.54, 1.807) is 48.2 Å². The van der Waals surface area contributed by atoms with E-state index in [1.807, 2.05) is 30.3 Å². The number of carbonyl (C=O) groups excluding carboxylic acids is 2. The number of benzene rings is 1. The number of piperazine rings is 1. The summed E-state index contributed by atoms with van der Waals surface area (Å²) in [6.07, 6.45) is 3.22. The molecule has 0 aliphatic carbocycles. The van der Waals surface area contributed by atoms with Crippen LogP contribution in [0.5, 0.6) is 5.75 Å². The Morgan fingerprint density at radius 2 is 1.50 bits per heavy atom. The van der Waals surface area contributed by atoms with Crippen molar-refractivity contribution in [1.29, 1.82) is 0 Å². The van der Waals surface area contributed by atoms with Gasteiger partial charge in [-0.3, -0.25) is 14.6 Å². The number of nitrogens with zero attached hydrogens (tertiary/aromatic N) is 3. The van der Waals surface area contributed by atoms with Crippen molar-refractivity contribution >= 4 is 11.8 Å². The highest BCUT2D eigenvalue weighted by Crippen LogP contribution is 2.21. The van der Waals surface area contributed by atoms with Crippen molar-refractivity contribution in [2.75, 3.05) is 26.2 Å². The summed E-state index contributed by atoms with van der Waals surface area (Å²) in [4.78, 5) is 32.8. The van der Waals surface area contributed by atoms with Gasteiger partial charge in [0.05, 0.1) is 0 Å². The number of pyridine rings is 1. The molecule has 26 heavy (non-hydrogen) atoms. The molecule has 2 amide bonds. The van der Waals surface area contributed by atoms with Crippen LogP contribution in [0.4, 0.5) is 0 Å². The molecule has 0 radical (unpaired) electrons. The Hall–Kier alpha value is -2.89. The summed E-state index contributed by atoms with van der Waals surface area (Å²) in [5.41, 5.74) is -0.342. The highest BCUT2D eigenvalue weighted by Gasteiger charge is 2.36. The smallest absolute Gasteiger partial charge is 0.266 e. The van der Waals surface area contributed by atoms with Crippen molar-refractivity contribution in [2.24, 2.45) is 0 Å². The van der Waals surface area contributed by atoms with Crippen molar-refractivity contribution in [3.8, 4) is 5.75 Å². The van der Waals surface area contributed by atoms with Gasteiger partial charge in [0.25, 0.3) is 11.8 Å². The Labute approximate surface area is 153 Å². The topological polar surface area (TPSA) is 62.7 Å². The number of amides is 2. The van der Waals surface area contributed by atoms with E-state index in [4.69, 9.17) is 4.74 Å². The van der Waals surface area contributed by atoms with E-state index in [1.165, 1.54) is 0 Å². The number of rotatable bonds is 4. The van der Waals surface area contributed by atoms with Gasteiger partial charge in [0.1, 0.15) is 5.75 Å². The van der Waals surface area contributed by atoms with Gasteiger partial charge in [-0.25, -0.2) is 0 Å². The third-order valence-corrected chi connectivity index (χ3v) is 4.41. The van der Waals surface area contributed by atoms with Gasteiger partial charge >= 0.3 is 0 Å². The van der Waals surface area contributed by atoms with E-state index < -0.39 is 5.60 Å². The van der Waals surface area contributed by atoms with Gasteiger partial charge in [0.15, 0.2) is 5.60 Å². The molecule has 1 fully saturated rings. The molecule has 1 aliphatic rings. The Morgan fingerprint density at radius 1 is 0.923 bits per heavy atom. The van der Waals surface area contributed by atoms with E-state index in [0.29, 0.717) is 37.5 Å². The summed E-state index contributed by atoms with van der Waals surface area (Å²) >= 11 is 0. The number of ether oxygens (including phenoxy) is 1. The highest BCUT2D eigenvalue weighted by molar-refractivity contribution is 5.94. The molecule has 0 saturated carbocycles. The maximum Gasteiger partial charge on any atom is 0.266 e. The number of aromatic nitrogens is 1. The van der Waals surface area contributed by atoms with Crippen molar-refractivity contribution in [2.45, 2.75) is 19.4 Å². The number of carbonyl (C=O) groups is 2. The summed E-state index contributed by atoms with van der Waals surface area (Å²) in [7, 11) is 0. The zero-order valence-electron chi connectivity index (χ0n) is 15.1. The lowest BCUT2D eigenvalue weighted by atomic mass is 10.1. The van der Waals surface area contributed by atoms with E-state index in [-0.39, 0.29) is 11.8 Å². The molecule has 6 nitrogen and oxygen atoms in total. The fourth-order valence-electron chi connectivity index (χ4n) is 3.00. The van der Waals surface area contributed by atoms with Crippen molar-refractivity contribution in [1.82, 2.24) is 14.8 Å². The number of hydrogen-bond acceptors (Lipinski definition) is 4. The van der Waals surface area contributed by atoms with Gasteiger partial charge in [-0.1, -0.05) is 18.2 Å². The molecule has 136 valence electrons. The van der Waals surface area contributed by atoms with Gasteiger partial charge in [-0.15, -0.1) is 0 Å². The van der Waals surface area contributed by atoms with E-state index in [9.17, 15) is 9.59 Å². The molecule has 6 heteroatoms. The van der Waals surface area contributed by atoms with Crippen molar-refractivity contribution in [3.05, 3.63) is 60.4 Å². The van der Waals surface area contributed by atoms with Crippen LogP contribution in [0.1, 0.15) is 24.2 Å². The first-order chi connectivity index (χ1) is 12.5. The second kappa shape index (κ2) is 7.56. The molecular formula is C20H23N3O3. The van der Waals surface area contributed by atoms with Gasteiger partial charge in [-0.05, 0) is 38.1 Å². The van der Waals surface area contributed by atoms with E-state index in [0.717, 1.165) is 0 Å². The van der Waals surface area contributed by atoms with Crippen LogP contribution in [0.15, 0.2) is 54.9 Å². The summed E-state index contributed by atoms with van der Waals surface area (Å²) in [6, 6.07) is 12.7. The molecule has 1 aliphatic heterocycles. The quantitative estimate of drug-likeness (QED) is 0.846. The molecule has 0 N–H and O–H groups in total. The molecule has 2 heterocycles. The molecular weight excluding hydrogens is 330 g/mol. The number of para-hydroxylation sites is 1. The van der Waals surface area contributed by atoms with Crippen molar-refractivity contribution < 1.29 is 14.3 Å². The summed E-state index contributed by atoms with van der Waals surface area (Å²) in [5, 5.41) is 0. The van der Waals surface area contributed by atoms with Crippen LogP contribution in [-0.4, -0.2) is 58.4 Å². The first-order valence-corrected chi connectivity index (χ1v) is 8.70. The molecule has 1 saturated heterocycles. The largest absolute Gasteiger partial charge is 0.478 e. The van der Waals surface area contributed by atoms with Crippen LogP contribution in [0, 0.1) is 0 Å². The number of hydrogen-bond donors (Lipinski definition) is 0. The summed E-state index contributed by atoms with van der Waals surface area (Å²) in [5.74, 6) is 0.564. The highest BCUT2D eigenvalue weighted by atomic mass is 16.5. The normalized spacial score (nSPS) is 14.8. The van der Waals surface area contributed by atoms with Crippen LogP contribution in [0.3, 0.4) is 0 Å². The summed E-state index contributed by atoms with van der Waals surface area (Å²) < 4.78 is 5.88. The lowest BCUT2D eigenvalue weighted by molar-refractivity contribution is -0.147.